The van der Waals surface area contributed by atoms with Crippen molar-refractivity contribution in [1.29, 1.82) is 0 Å². The summed E-state index contributed by atoms with van der Waals surface area (Å²) in [7, 11) is 0. The van der Waals surface area contributed by atoms with E-state index in [0.717, 1.165) is 0 Å². The molecule has 2 aromatic rings. The number of carboxylic acid groups (broad SMARTS) is 1. The van der Waals surface area contributed by atoms with E-state index in [9.17, 15) is 4.79 Å². The highest BCUT2D eigenvalue weighted by atomic mass is 16.5. The Bertz CT molecular complexity index is 519. The van der Waals surface area contributed by atoms with E-state index in [4.69, 9.17) is 14.3 Å². The predicted octanol–water partition coefficient (Wildman–Crippen LogP) is 2.26. The standard InChI is InChI=1S/C12H11NO4/c1-8-11(12(14)15)17-10(13-8)7-16-9-5-3-2-4-6-9/h2-6H,7H2,1H3,(H,14,15). The minimum absolute atomic E-state index is 0.109. The van der Waals surface area contributed by atoms with Crippen LogP contribution in [0.1, 0.15) is 22.1 Å². The van der Waals surface area contributed by atoms with Crippen molar-refractivity contribution >= 4 is 5.97 Å². The van der Waals surface area contributed by atoms with Crippen LogP contribution < -0.4 is 4.74 Å². The maximum absolute atomic E-state index is 10.7. The smallest absolute Gasteiger partial charge is 0.373 e. The first-order valence-electron chi connectivity index (χ1n) is 5.04. The summed E-state index contributed by atoms with van der Waals surface area (Å²) < 4.78 is 10.5. The van der Waals surface area contributed by atoms with E-state index in [1.54, 1.807) is 19.1 Å². The Morgan fingerprint density at radius 3 is 2.71 bits per heavy atom. The number of carbonyl (C=O) groups is 1. The molecular weight excluding hydrogens is 222 g/mol. The van der Waals surface area contributed by atoms with Crippen LogP contribution in [0.3, 0.4) is 0 Å². The van der Waals surface area contributed by atoms with E-state index in [2.05, 4.69) is 4.98 Å². The number of para-hydroxylation sites is 1. The molecule has 1 N–H and O–H groups in total. The SMILES string of the molecule is Cc1nc(COc2ccccc2)oc1C(=O)O. The van der Waals surface area contributed by atoms with E-state index in [1.807, 2.05) is 18.2 Å². The minimum atomic E-state index is -1.12. The lowest BCUT2D eigenvalue weighted by atomic mass is 10.3. The quantitative estimate of drug-likeness (QED) is 0.876. The fraction of sp³-hybridized carbons (Fsp3) is 0.167. The summed E-state index contributed by atoms with van der Waals surface area (Å²) in [4.78, 5) is 14.7. The molecule has 5 nitrogen and oxygen atoms in total. The predicted molar refractivity (Wildman–Crippen MR) is 59.0 cm³/mol. The number of aryl methyl sites for hydroxylation is 1. The minimum Gasteiger partial charge on any atom is -0.484 e. The lowest BCUT2D eigenvalue weighted by Gasteiger charge is -2.01. The van der Waals surface area contributed by atoms with E-state index < -0.39 is 5.97 Å². The number of oxazole rings is 1. The number of nitrogens with zero attached hydrogens (tertiary/aromatic N) is 1. The van der Waals surface area contributed by atoms with E-state index >= 15 is 0 Å². The summed E-state index contributed by atoms with van der Waals surface area (Å²) in [6.45, 7) is 1.69. The van der Waals surface area contributed by atoms with Crippen LogP contribution in [0, 0.1) is 6.92 Å². The second-order valence-electron chi connectivity index (χ2n) is 3.43. The van der Waals surface area contributed by atoms with Crippen LogP contribution in [0.4, 0.5) is 0 Å². The van der Waals surface area contributed by atoms with Gasteiger partial charge in [0.1, 0.15) is 5.75 Å². The second-order valence-corrected chi connectivity index (χ2v) is 3.43. The molecule has 0 spiro atoms. The summed E-state index contributed by atoms with van der Waals surface area (Å²) in [6.07, 6.45) is 0. The van der Waals surface area contributed by atoms with E-state index in [1.165, 1.54) is 0 Å². The summed E-state index contributed by atoms with van der Waals surface area (Å²) in [5, 5.41) is 8.79. The molecule has 0 saturated heterocycles. The summed E-state index contributed by atoms with van der Waals surface area (Å²) in [5.74, 6) is -0.332. The van der Waals surface area contributed by atoms with Crippen molar-refractivity contribution in [2.24, 2.45) is 0 Å². The number of hydrogen-bond donors (Lipinski definition) is 1. The number of hydrogen-bond acceptors (Lipinski definition) is 4. The van der Waals surface area contributed by atoms with Crippen molar-refractivity contribution in [2.45, 2.75) is 13.5 Å². The first kappa shape index (κ1) is 11.2. The van der Waals surface area contributed by atoms with Gasteiger partial charge in [-0.05, 0) is 19.1 Å². The average Bonchev–Trinajstić information content (AvgIpc) is 2.69. The molecule has 2 rings (SSSR count). The number of aromatic carboxylic acids is 1. The molecule has 0 aliphatic rings. The Morgan fingerprint density at radius 2 is 2.12 bits per heavy atom. The molecule has 1 aromatic carbocycles. The van der Waals surface area contributed by atoms with Crippen molar-refractivity contribution in [1.82, 2.24) is 4.98 Å². The Kier molecular flexibility index (Phi) is 3.09. The first-order valence-corrected chi connectivity index (χ1v) is 5.04. The number of rotatable bonds is 4. The lowest BCUT2D eigenvalue weighted by Crippen LogP contribution is -1.96. The van der Waals surface area contributed by atoms with Gasteiger partial charge in [-0.2, -0.15) is 0 Å². The third-order valence-electron chi connectivity index (χ3n) is 2.14. The molecule has 0 aliphatic heterocycles. The highest BCUT2D eigenvalue weighted by Gasteiger charge is 2.16. The maximum Gasteiger partial charge on any atom is 0.373 e. The maximum atomic E-state index is 10.7. The molecule has 0 amide bonds. The van der Waals surface area contributed by atoms with Gasteiger partial charge in [0.15, 0.2) is 6.61 Å². The van der Waals surface area contributed by atoms with Gasteiger partial charge in [0.25, 0.3) is 0 Å². The van der Waals surface area contributed by atoms with Crippen molar-refractivity contribution in [2.75, 3.05) is 0 Å². The molecule has 5 heteroatoms. The van der Waals surface area contributed by atoms with Crippen LogP contribution in [0.5, 0.6) is 5.75 Å². The average molecular weight is 233 g/mol. The van der Waals surface area contributed by atoms with Crippen molar-refractivity contribution in [3.63, 3.8) is 0 Å². The van der Waals surface area contributed by atoms with Gasteiger partial charge in [-0.1, -0.05) is 18.2 Å². The van der Waals surface area contributed by atoms with Gasteiger partial charge in [-0.3, -0.25) is 0 Å². The van der Waals surface area contributed by atoms with Crippen LogP contribution in [0.25, 0.3) is 0 Å². The number of benzene rings is 1. The molecule has 0 atom stereocenters. The van der Waals surface area contributed by atoms with Gasteiger partial charge in [-0.25, -0.2) is 9.78 Å². The molecule has 1 heterocycles. The fourth-order valence-corrected chi connectivity index (χ4v) is 1.37. The molecule has 0 bridgehead atoms. The van der Waals surface area contributed by atoms with Crippen LogP contribution >= 0.6 is 0 Å². The molecule has 0 saturated carbocycles. The largest absolute Gasteiger partial charge is 0.484 e. The summed E-state index contributed by atoms with van der Waals surface area (Å²) in [5.41, 5.74) is 0.351. The van der Waals surface area contributed by atoms with E-state index in [0.29, 0.717) is 11.4 Å². The highest BCUT2D eigenvalue weighted by molar-refractivity contribution is 5.85. The van der Waals surface area contributed by atoms with Crippen molar-refractivity contribution in [3.8, 4) is 5.75 Å². The normalized spacial score (nSPS) is 10.2. The molecule has 88 valence electrons. The van der Waals surface area contributed by atoms with Crippen LogP contribution in [0.2, 0.25) is 0 Å². The van der Waals surface area contributed by atoms with Gasteiger partial charge in [0.05, 0.1) is 5.69 Å². The Morgan fingerprint density at radius 1 is 1.41 bits per heavy atom. The molecule has 0 fully saturated rings. The molecule has 0 radical (unpaired) electrons. The lowest BCUT2D eigenvalue weighted by molar-refractivity contribution is 0.0657. The van der Waals surface area contributed by atoms with Crippen LogP contribution in [-0.4, -0.2) is 16.1 Å². The summed E-state index contributed by atoms with van der Waals surface area (Å²) in [6, 6.07) is 9.17. The van der Waals surface area contributed by atoms with E-state index in [-0.39, 0.29) is 18.3 Å². The molecular formula is C12H11NO4. The zero-order valence-electron chi connectivity index (χ0n) is 9.21. The van der Waals surface area contributed by atoms with Gasteiger partial charge in [-0.15, -0.1) is 0 Å². The van der Waals surface area contributed by atoms with Crippen molar-refractivity contribution in [3.05, 3.63) is 47.7 Å². The van der Waals surface area contributed by atoms with Crippen LogP contribution in [-0.2, 0) is 6.61 Å². The number of carboxylic acids is 1. The molecule has 1 aromatic heterocycles. The monoisotopic (exact) mass is 233 g/mol. The second kappa shape index (κ2) is 4.69. The fourth-order valence-electron chi connectivity index (χ4n) is 1.37. The van der Waals surface area contributed by atoms with Gasteiger partial charge in [0, 0.05) is 0 Å². The third kappa shape index (κ3) is 2.63. The number of aromatic nitrogens is 1. The molecule has 0 unspecified atom stereocenters. The summed E-state index contributed by atoms with van der Waals surface area (Å²) >= 11 is 0. The zero-order chi connectivity index (χ0) is 12.3. The third-order valence-corrected chi connectivity index (χ3v) is 2.14. The van der Waals surface area contributed by atoms with Gasteiger partial charge >= 0.3 is 5.97 Å². The van der Waals surface area contributed by atoms with Gasteiger partial charge < -0.3 is 14.3 Å². The Hall–Kier alpha value is -2.30. The molecule has 17 heavy (non-hydrogen) atoms. The van der Waals surface area contributed by atoms with Crippen molar-refractivity contribution < 1.29 is 19.1 Å². The highest BCUT2D eigenvalue weighted by Crippen LogP contribution is 2.14. The van der Waals surface area contributed by atoms with Crippen LogP contribution in [0.15, 0.2) is 34.7 Å². The zero-order valence-corrected chi connectivity index (χ0v) is 9.21. The number of ether oxygens (including phenoxy) is 1. The Labute approximate surface area is 97.7 Å². The topological polar surface area (TPSA) is 72.6 Å². The van der Waals surface area contributed by atoms with Gasteiger partial charge in [0.2, 0.25) is 11.7 Å². The first-order chi connectivity index (χ1) is 8.16. The molecule has 0 aliphatic carbocycles. The Balaban J connectivity index is 2.05.